The van der Waals surface area contributed by atoms with Crippen LogP contribution in [0.4, 0.5) is 0 Å². The van der Waals surface area contributed by atoms with E-state index in [0.717, 1.165) is 5.56 Å². The standard InChI is InChI=1S/C16H12N2O2/c1-11(19)15-14(12-7-3-2-4-8-12)18-16(20-15)13-9-5-6-10-17-13/h2-10H,1H3. The molecule has 0 saturated carbocycles. The third-order valence-electron chi connectivity index (χ3n) is 2.88. The van der Waals surface area contributed by atoms with Gasteiger partial charge in [0.15, 0.2) is 11.5 Å². The first-order chi connectivity index (χ1) is 9.75. The molecule has 0 atom stereocenters. The summed E-state index contributed by atoms with van der Waals surface area (Å²) >= 11 is 0. The van der Waals surface area contributed by atoms with Crippen molar-refractivity contribution in [3.05, 3.63) is 60.5 Å². The highest BCUT2D eigenvalue weighted by Crippen LogP contribution is 2.28. The molecule has 1 aromatic carbocycles. The molecule has 20 heavy (non-hydrogen) atoms. The minimum absolute atomic E-state index is 0.154. The van der Waals surface area contributed by atoms with Crippen molar-refractivity contribution in [3.63, 3.8) is 0 Å². The summed E-state index contributed by atoms with van der Waals surface area (Å²) in [6.45, 7) is 1.47. The molecule has 0 spiro atoms. The van der Waals surface area contributed by atoms with Crippen LogP contribution in [-0.4, -0.2) is 15.8 Å². The lowest BCUT2D eigenvalue weighted by Gasteiger charge is -1.96. The van der Waals surface area contributed by atoms with E-state index in [1.54, 1.807) is 12.3 Å². The Labute approximate surface area is 116 Å². The fourth-order valence-corrected chi connectivity index (χ4v) is 1.95. The minimum Gasteiger partial charge on any atom is -0.431 e. The number of rotatable bonds is 3. The van der Waals surface area contributed by atoms with Crippen LogP contribution in [0, 0.1) is 0 Å². The molecule has 0 unspecified atom stereocenters. The van der Waals surface area contributed by atoms with Crippen molar-refractivity contribution in [1.29, 1.82) is 0 Å². The molecule has 0 N–H and O–H groups in total. The summed E-state index contributed by atoms with van der Waals surface area (Å²) in [5, 5.41) is 0. The van der Waals surface area contributed by atoms with Crippen LogP contribution in [0.25, 0.3) is 22.8 Å². The number of Topliss-reactive ketones (excluding diaryl/α,β-unsaturated/α-hetero) is 1. The third kappa shape index (κ3) is 2.23. The van der Waals surface area contributed by atoms with Crippen molar-refractivity contribution in [1.82, 2.24) is 9.97 Å². The lowest BCUT2D eigenvalue weighted by molar-refractivity contribution is 0.0989. The molecular formula is C16H12N2O2. The summed E-state index contributed by atoms with van der Waals surface area (Å²) in [6.07, 6.45) is 1.66. The fourth-order valence-electron chi connectivity index (χ4n) is 1.95. The number of pyridine rings is 1. The predicted molar refractivity (Wildman–Crippen MR) is 75.2 cm³/mol. The van der Waals surface area contributed by atoms with Gasteiger partial charge < -0.3 is 4.42 Å². The first-order valence-electron chi connectivity index (χ1n) is 6.24. The number of carbonyl (C=O) groups is 1. The molecule has 3 aromatic rings. The van der Waals surface area contributed by atoms with Crippen LogP contribution in [0.1, 0.15) is 17.5 Å². The smallest absolute Gasteiger partial charge is 0.246 e. The van der Waals surface area contributed by atoms with Crippen LogP contribution in [-0.2, 0) is 0 Å². The molecule has 3 rings (SSSR count). The average molecular weight is 264 g/mol. The van der Waals surface area contributed by atoms with Gasteiger partial charge in [0.25, 0.3) is 0 Å². The number of oxazole rings is 1. The minimum atomic E-state index is -0.154. The van der Waals surface area contributed by atoms with E-state index in [2.05, 4.69) is 9.97 Å². The topological polar surface area (TPSA) is 56.0 Å². The molecule has 4 nitrogen and oxygen atoms in total. The Kier molecular flexibility index (Phi) is 3.13. The van der Waals surface area contributed by atoms with Gasteiger partial charge in [-0.1, -0.05) is 36.4 Å². The molecule has 0 aliphatic heterocycles. The van der Waals surface area contributed by atoms with E-state index >= 15 is 0 Å². The summed E-state index contributed by atoms with van der Waals surface area (Å²) < 4.78 is 5.59. The van der Waals surface area contributed by atoms with E-state index < -0.39 is 0 Å². The van der Waals surface area contributed by atoms with Crippen LogP contribution in [0.3, 0.4) is 0 Å². The Hall–Kier alpha value is -2.75. The molecule has 0 fully saturated rings. The second-order valence-corrected chi connectivity index (χ2v) is 4.33. The second-order valence-electron chi connectivity index (χ2n) is 4.33. The quantitative estimate of drug-likeness (QED) is 0.678. The van der Waals surface area contributed by atoms with Crippen molar-refractivity contribution in [2.24, 2.45) is 0 Å². The number of nitrogens with zero attached hydrogens (tertiary/aromatic N) is 2. The fraction of sp³-hybridized carbons (Fsp3) is 0.0625. The second kappa shape index (κ2) is 5.09. The number of ketones is 1. The number of hydrogen-bond donors (Lipinski definition) is 0. The Morgan fingerprint density at radius 2 is 1.80 bits per heavy atom. The van der Waals surface area contributed by atoms with Crippen LogP contribution in [0.15, 0.2) is 59.1 Å². The molecule has 0 aliphatic carbocycles. The lowest BCUT2D eigenvalue weighted by atomic mass is 10.1. The van der Waals surface area contributed by atoms with Gasteiger partial charge in [-0.05, 0) is 12.1 Å². The zero-order valence-corrected chi connectivity index (χ0v) is 10.9. The van der Waals surface area contributed by atoms with E-state index in [1.807, 2.05) is 42.5 Å². The van der Waals surface area contributed by atoms with E-state index in [1.165, 1.54) is 6.92 Å². The Morgan fingerprint density at radius 3 is 2.45 bits per heavy atom. The highest BCUT2D eigenvalue weighted by Gasteiger charge is 2.19. The van der Waals surface area contributed by atoms with Crippen LogP contribution >= 0.6 is 0 Å². The van der Waals surface area contributed by atoms with Gasteiger partial charge in [0, 0.05) is 18.7 Å². The van der Waals surface area contributed by atoms with Gasteiger partial charge in [-0.25, -0.2) is 4.98 Å². The van der Waals surface area contributed by atoms with Crippen LogP contribution in [0.5, 0.6) is 0 Å². The molecule has 0 amide bonds. The highest BCUT2D eigenvalue weighted by molar-refractivity contribution is 5.97. The van der Waals surface area contributed by atoms with Gasteiger partial charge in [0.05, 0.1) is 0 Å². The van der Waals surface area contributed by atoms with Gasteiger partial charge in [-0.3, -0.25) is 9.78 Å². The van der Waals surface area contributed by atoms with Gasteiger partial charge >= 0.3 is 0 Å². The summed E-state index contributed by atoms with van der Waals surface area (Å²) in [5.41, 5.74) is 2.01. The van der Waals surface area contributed by atoms with Crippen molar-refractivity contribution >= 4 is 5.78 Å². The van der Waals surface area contributed by atoms with E-state index in [4.69, 9.17) is 4.42 Å². The van der Waals surface area contributed by atoms with Gasteiger partial charge in [-0.15, -0.1) is 0 Å². The lowest BCUT2D eigenvalue weighted by Crippen LogP contribution is -1.92. The SMILES string of the molecule is CC(=O)c1oc(-c2ccccn2)nc1-c1ccccc1. The molecule has 0 saturated heterocycles. The van der Waals surface area contributed by atoms with Gasteiger partial charge in [0.1, 0.15) is 11.4 Å². The Bertz CT molecular complexity index is 734. The maximum atomic E-state index is 11.7. The van der Waals surface area contributed by atoms with E-state index in [9.17, 15) is 4.79 Å². The zero-order chi connectivity index (χ0) is 13.9. The van der Waals surface area contributed by atoms with Crippen molar-refractivity contribution < 1.29 is 9.21 Å². The normalized spacial score (nSPS) is 10.4. The Balaban J connectivity index is 2.15. The number of aromatic nitrogens is 2. The van der Waals surface area contributed by atoms with E-state index in [0.29, 0.717) is 17.3 Å². The number of carbonyl (C=O) groups excluding carboxylic acids is 1. The Morgan fingerprint density at radius 1 is 1.05 bits per heavy atom. The summed E-state index contributed by atoms with van der Waals surface area (Å²) in [4.78, 5) is 20.3. The molecule has 4 heteroatoms. The predicted octanol–water partition coefficient (Wildman–Crippen LogP) is 3.61. The van der Waals surface area contributed by atoms with Crippen molar-refractivity contribution in [3.8, 4) is 22.8 Å². The molecule has 98 valence electrons. The molecule has 0 radical (unpaired) electrons. The number of benzene rings is 1. The molecular weight excluding hydrogens is 252 g/mol. The summed E-state index contributed by atoms with van der Waals surface area (Å²) in [7, 11) is 0. The third-order valence-corrected chi connectivity index (χ3v) is 2.88. The van der Waals surface area contributed by atoms with Crippen LogP contribution < -0.4 is 0 Å². The molecule has 0 bridgehead atoms. The maximum Gasteiger partial charge on any atom is 0.246 e. The first-order valence-corrected chi connectivity index (χ1v) is 6.24. The number of hydrogen-bond acceptors (Lipinski definition) is 4. The molecule has 2 heterocycles. The van der Waals surface area contributed by atoms with Crippen molar-refractivity contribution in [2.75, 3.05) is 0 Å². The highest BCUT2D eigenvalue weighted by atomic mass is 16.4. The summed E-state index contributed by atoms with van der Waals surface area (Å²) in [5.74, 6) is 0.463. The molecule has 0 aliphatic rings. The van der Waals surface area contributed by atoms with Crippen molar-refractivity contribution in [2.45, 2.75) is 6.92 Å². The first kappa shape index (κ1) is 12.3. The maximum absolute atomic E-state index is 11.7. The van der Waals surface area contributed by atoms with E-state index in [-0.39, 0.29) is 11.5 Å². The van der Waals surface area contributed by atoms with Gasteiger partial charge in [-0.2, -0.15) is 0 Å². The zero-order valence-electron chi connectivity index (χ0n) is 10.9. The largest absolute Gasteiger partial charge is 0.431 e. The van der Waals surface area contributed by atoms with Gasteiger partial charge in [0.2, 0.25) is 5.89 Å². The molecule has 2 aromatic heterocycles. The monoisotopic (exact) mass is 264 g/mol. The van der Waals surface area contributed by atoms with Crippen LogP contribution in [0.2, 0.25) is 0 Å². The summed E-state index contributed by atoms with van der Waals surface area (Å²) in [6, 6.07) is 15.0. The average Bonchev–Trinajstić information content (AvgIpc) is 2.94.